The minimum atomic E-state index is -4.40. The van der Waals surface area contributed by atoms with Crippen molar-refractivity contribution in [3.05, 3.63) is 29.3 Å². The van der Waals surface area contributed by atoms with Crippen molar-refractivity contribution in [3.63, 3.8) is 0 Å². The van der Waals surface area contributed by atoms with Gasteiger partial charge in [-0.15, -0.1) is 0 Å². The molecule has 0 heterocycles. The molecule has 0 bridgehead atoms. The first-order chi connectivity index (χ1) is 8.82. The number of alkyl halides is 3. The van der Waals surface area contributed by atoms with E-state index in [0.717, 1.165) is 12.5 Å². The summed E-state index contributed by atoms with van der Waals surface area (Å²) in [6, 6.07) is 4.01. The van der Waals surface area contributed by atoms with E-state index in [1.165, 1.54) is 12.1 Å². The van der Waals surface area contributed by atoms with Crippen LogP contribution in [0.25, 0.3) is 0 Å². The number of rotatable bonds is 4. The van der Waals surface area contributed by atoms with E-state index in [1.54, 1.807) is 11.9 Å². The summed E-state index contributed by atoms with van der Waals surface area (Å²) in [7, 11) is 1.69. The molecule has 5 heteroatoms. The fraction of sp³-hybridized carbons (Fsp3) is 0.571. The summed E-state index contributed by atoms with van der Waals surface area (Å²) in [5, 5.41) is 8.97. The van der Waals surface area contributed by atoms with E-state index in [2.05, 4.69) is 6.92 Å². The second kappa shape index (κ2) is 5.04. The lowest BCUT2D eigenvalue weighted by atomic mass is 10.1. The highest BCUT2D eigenvalue weighted by atomic mass is 19.4. The fourth-order valence-electron chi connectivity index (χ4n) is 2.35. The molecule has 1 aliphatic rings. The molecule has 2 nitrogen and oxygen atoms in total. The van der Waals surface area contributed by atoms with E-state index in [0.29, 0.717) is 18.4 Å². The fourth-order valence-corrected chi connectivity index (χ4v) is 2.35. The third-order valence-electron chi connectivity index (χ3n) is 3.74. The molecule has 1 aromatic carbocycles. The first-order valence-corrected chi connectivity index (χ1v) is 6.35. The van der Waals surface area contributed by atoms with Crippen LogP contribution in [0.2, 0.25) is 0 Å². The van der Waals surface area contributed by atoms with Crippen LogP contribution in [-0.4, -0.2) is 18.7 Å². The first-order valence-electron chi connectivity index (χ1n) is 6.35. The Labute approximate surface area is 110 Å². The van der Waals surface area contributed by atoms with Crippen molar-refractivity contribution < 1.29 is 18.3 Å². The summed E-state index contributed by atoms with van der Waals surface area (Å²) < 4.78 is 39.1. The van der Waals surface area contributed by atoms with Crippen LogP contribution in [0.5, 0.6) is 0 Å². The molecule has 1 aliphatic carbocycles. The molecule has 1 N–H and O–H groups in total. The minimum absolute atomic E-state index is 0.184. The van der Waals surface area contributed by atoms with Crippen LogP contribution >= 0.6 is 0 Å². The van der Waals surface area contributed by atoms with Gasteiger partial charge in [0.1, 0.15) is 0 Å². The Morgan fingerprint density at radius 3 is 2.47 bits per heavy atom. The standard InChI is InChI=1S/C14H18F3NO/c1-9-5-11(9)7-18(2)13-4-3-10(8-19)6-12(13)14(15,16)17/h3-4,6,9,11,19H,5,7-8H2,1-2H3. The molecule has 0 saturated heterocycles. The van der Waals surface area contributed by atoms with Crippen LogP contribution in [0.1, 0.15) is 24.5 Å². The second-order valence-corrected chi connectivity index (χ2v) is 5.36. The normalized spacial score (nSPS) is 22.4. The second-order valence-electron chi connectivity index (χ2n) is 5.36. The van der Waals surface area contributed by atoms with Crippen LogP contribution in [0.15, 0.2) is 18.2 Å². The van der Waals surface area contributed by atoms with Crippen molar-refractivity contribution in [1.82, 2.24) is 0 Å². The van der Waals surface area contributed by atoms with Gasteiger partial charge >= 0.3 is 6.18 Å². The van der Waals surface area contributed by atoms with Gasteiger partial charge in [-0.05, 0) is 36.0 Å². The Kier molecular flexibility index (Phi) is 3.76. The molecule has 0 spiro atoms. The Morgan fingerprint density at radius 2 is 2.00 bits per heavy atom. The van der Waals surface area contributed by atoms with Gasteiger partial charge in [-0.25, -0.2) is 0 Å². The van der Waals surface area contributed by atoms with Crippen molar-refractivity contribution in [1.29, 1.82) is 0 Å². The minimum Gasteiger partial charge on any atom is -0.392 e. The SMILES string of the molecule is CC1CC1CN(C)c1ccc(CO)cc1C(F)(F)F. The maximum atomic E-state index is 13.0. The van der Waals surface area contributed by atoms with E-state index in [1.807, 2.05) is 0 Å². The van der Waals surface area contributed by atoms with Gasteiger partial charge in [-0.2, -0.15) is 13.2 Å². The van der Waals surface area contributed by atoms with E-state index in [4.69, 9.17) is 5.11 Å². The van der Waals surface area contributed by atoms with Crippen molar-refractivity contribution >= 4 is 5.69 Å². The molecule has 19 heavy (non-hydrogen) atoms. The Balaban J connectivity index is 2.27. The average Bonchev–Trinajstić information content (AvgIpc) is 3.02. The average molecular weight is 273 g/mol. The van der Waals surface area contributed by atoms with Gasteiger partial charge in [-0.3, -0.25) is 0 Å². The molecule has 0 radical (unpaired) electrons. The van der Waals surface area contributed by atoms with Crippen LogP contribution in [-0.2, 0) is 12.8 Å². The van der Waals surface area contributed by atoms with Gasteiger partial charge in [0.25, 0.3) is 0 Å². The summed E-state index contributed by atoms with van der Waals surface area (Å²) in [6.07, 6.45) is -3.32. The summed E-state index contributed by atoms with van der Waals surface area (Å²) in [5.74, 6) is 1.09. The summed E-state index contributed by atoms with van der Waals surface area (Å²) >= 11 is 0. The van der Waals surface area contributed by atoms with E-state index < -0.39 is 11.7 Å². The third kappa shape index (κ3) is 3.21. The molecule has 1 aromatic rings. The van der Waals surface area contributed by atoms with Crippen molar-refractivity contribution in [3.8, 4) is 0 Å². The lowest BCUT2D eigenvalue weighted by molar-refractivity contribution is -0.137. The molecular weight excluding hydrogens is 255 g/mol. The van der Waals surface area contributed by atoms with Crippen LogP contribution < -0.4 is 4.90 Å². The van der Waals surface area contributed by atoms with E-state index in [-0.39, 0.29) is 17.9 Å². The highest BCUT2D eigenvalue weighted by Crippen LogP contribution is 2.41. The van der Waals surface area contributed by atoms with Crippen LogP contribution in [0, 0.1) is 11.8 Å². The zero-order chi connectivity index (χ0) is 14.2. The number of hydrogen-bond donors (Lipinski definition) is 1. The molecule has 1 saturated carbocycles. The Bertz CT molecular complexity index is 458. The largest absolute Gasteiger partial charge is 0.418 e. The Hall–Kier alpha value is -1.23. The lowest BCUT2D eigenvalue weighted by Gasteiger charge is -2.24. The van der Waals surface area contributed by atoms with Gasteiger partial charge < -0.3 is 10.0 Å². The smallest absolute Gasteiger partial charge is 0.392 e. The van der Waals surface area contributed by atoms with Crippen molar-refractivity contribution in [2.75, 3.05) is 18.5 Å². The van der Waals surface area contributed by atoms with E-state index in [9.17, 15) is 13.2 Å². The molecule has 2 rings (SSSR count). The lowest BCUT2D eigenvalue weighted by Crippen LogP contribution is -2.24. The number of anilines is 1. The summed E-state index contributed by atoms with van der Waals surface area (Å²) in [4.78, 5) is 1.66. The Morgan fingerprint density at radius 1 is 1.37 bits per heavy atom. The number of hydrogen-bond acceptors (Lipinski definition) is 2. The number of aliphatic hydroxyl groups excluding tert-OH is 1. The first kappa shape index (κ1) is 14.2. The number of nitrogens with zero attached hydrogens (tertiary/aromatic N) is 1. The number of aliphatic hydroxyl groups is 1. The predicted octanol–water partition coefficient (Wildman–Crippen LogP) is 3.29. The third-order valence-corrected chi connectivity index (χ3v) is 3.74. The van der Waals surface area contributed by atoms with Gasteiger partial charge in [0.15, 0.2) is 0 Å². The zero-order valence-electron chi connectivity index (χ0n) is 11.0. The molecular formula is C14H18F3NO. The quantitative estimate of drug-likeness (QED) is 0.910. The molecule has 2 atom stereocenters. The maximum absolute atomic E-state index is 13.0. The van der Waals surface area contributed by atoms with Crippen LogP contribution in [0.3, 0.4) is 0 Å². The number of benzene rings is 1. The molecule has 0 aromatic heterocycles. The van der Waals surface area contributed by atoms with Crippen molar-refractivity contribution in [2.45, 2.75) is 26.1 Å². The van der Waals surface area contributed by atoms with Gasteiger partial charge in [-0.1, -0.05) is 13.0 Å². The molecule has 106 valence electrons. The van der Waals surface area contributed by atoms with E-state index >= 15 is 0 Å². The highest BCUT2D eigenvalue weighted by Gasteiger charge is 2.37. The maximum Gasteiger partial charge on any atom is 0.418 e. The zero-order valence-corrected chi connectivity index (χ0v) is 11.0. The number of halogens is 3. The summed E-state index contributed by atoms with van der Waals surface area (Å²) in [6.45, 7) is 2.37. The molecule has 1 fully saturated rings. The summed E-state index contributed by atoms with van der Waals surface area (Å²) in [5.41, 5.74) is -0.206. The predicted molar refractivity (Wildman–Crippen MR) is 67.9 cm³/mol. The highest BCUT2D eigenvalue weighted by molar-refractivity contribution is 5.56. The van der Waals surface area contributed by atoms with Gasteiger partial charge in [0.2, 0.25) is 0 Å². The van der Waals surface area contributed by atoms with Gasteiger partial charge in [0.05, 0.1) is 12.2 Å². The topological polar surface area (TPSA) is 23.5 Å². The molecule has 0 aliphatic heterocycles. The molecule has 2 unspecified atom stereocenters. The van der Waals surface area contributed by atoms with Gasteiger partial charge in [0, 0.05) is 19.3 Å². The monoisotopic (exact) mass is 273 g/mol. The molecule has 0 amide bonds. The van der Waals surface area contributed by atoms with Crippen molar-refractivity contribution in [2.24, 2.45) is 11.8 Å². The van der Waals surface area contributed by atoms with Crippen LogP contribution in [0.4, 0.5) is 18.9 Å².